The summed E-state index contributed by atoms with van der Waals surface area (Å²) in [6, 6.07) is 17.5. The highest BCUT2D eigenvalue weighted by molar-refractivity contribution is 6.13. The first kappa shape index (κ1) is 24.9. The quantitative estimate of drug-likeness (QED) is 0.389. The van der Waals surface area contributed by atoms with Gasteiger partial charge in [0.25, 0.3) is 0 Å². The normalized spacial score (nSPS) is 24.0. The second kappa shape index (κ2) is 9.25. The lowest BCUT2D eigenvalue weighted by Gasteiger charge is -2.30. The van der Waals surface area contributed by atoms with Crippen LogP contribution in [0.2, 0.25) is 0 Å². The summed E-state index contributed by atoms with van der Waals surface area (Å²) in [5.41, 5.74) is 9.46. The van der Waals surface area contributed by atoms with Gasteiger partial charge in [0, 0.05) is 57.8 Å². The first-order chi connectivity index (χ1) is 17.2. The number of para-hydroxylation sites is 2. The van der Waals surface area contributed by atoms with E-state index in [1.54, 1.807) is 0 Å². The number of carbonyl (C=O) groups is 1. The van der Waals surface area contributed by atoms with Gasteiger partial charge < -0.3 is 9.80 Å². The van der Waals surface area contributed by atoms with Gasteiger partial charge in [-0.15, -0.1) is 0 Å². The Hall–Kier alpha value is -2.81. The number of anilines is 2. The van der Waals surface area contributed by atoms with Crippen molar-refractivity contribution in [2.75, 3.05) is 22.9 Å². The molecule has 2 aromatic carbocycles. The zero-order chi connectivity index (χ0) is 25.7. The van der Waals surface area contributed by atoms with E-state index in [1.807, 2.05) is 0 Å². The summed E-state index contributed by atoms with van der Waals surface area (Å²) in [5.74, 6) is 0.282. The predicted molar refractivity (Wildman–Crippen MR) is 152 cm³/mol. The topological polar surface area (TPSA) is 23.6 Å². The molecule has 0 aromatic heterocycles. The van der Waals surface area contributed by atoms with Crippen molar-refractivity contribution in [2.45, 2.75) is 90.9 Å². The number of ketones is 1. The van der Waals surface area contributed by atoms with Crippen LogP contribution in [0.3, 0.4) is 0 Å². The third-order valence-corrected chi connectivity index (χ3v) is 8.68. The minimum Gasteiger partial charge on any atom is -0.344 e. The number of carbonyl (C=O) groups excluding carboxylic acids is 1. The lowest BCUT2D eigenvalue weighted by Crippen LogP contribution is -2.31. The molecule has 3 aliphatic rings. The van der Waals surface area contributed by atoms with Crippen LogP contribution in [0.4, 0.5) is 11.4 Å². The maximum Gasteiger partial charge on any atom is 0.188 e. The Balaban J connectivity index is 1.65. The summed E-state index contributed by atoms with van der Waals surface area (Å²) in [6.07, 6.45) is 6.20. The second-order valence-corrected chi connectivity index (χ2v) is 11.8. The molecule has 0 radical (unpaired) electrons. The summed E-state index contributed by atoms with van der Waals surface area (Å²) in [5, 5.41) is 0. The lowest BCUT2D eigenvalue weighted by atomic mass is 9.80. The third-order valence-electron chi connectivity index (χ3n) is 8.68. The molecule has 1 aliphatic carbocycles. The van der Waals surface area contributed by atoms with Crippen LogP contribution in [0.5, 0.6) is 0 Å². The molecule has 190 valence electrons. The van der Waals surface area contributed by atoms with Crippen LogP contribution in [0.25, 0.3) is 0 Å². The van der Waals surface area contributed by atoms with Crippen molar-refractivity contribution in [3.05, 3.63) is 82.2 Å². The standard InChI is InChI=1S/C33H42N2O/c1-7-9-21-34-27-17-13-11-15-25(27)32(3,4)30(34)23-19-20-24(29(23)36)31-33(5,6)26-16-12-14-18-28(26)35(31)22-10-8-2/h11-18H,7-10,19-22H2,1-6H3. The SMILES string of the molecule is CCCCN1C(=C2CCC(=C3N(CCCC)c4ccccc4C3(C)C)C2=O)C(C)(C)c2ccccc21. The predicted octanol–water partition coefficient (Wildman–Crippen LogP) is 8.05. The molecular formula is C33H42N2O. The zero-order valence-electron chi connectivity index (χ0n) is 23.1. The van der Waals surface area contributed by atoms with Gasteiger partial charge in [0.05, 0.1) is 0 Å². The summed E-state index contributed by atoms with van der Waals surface area (Å²) in [7, 11) is 0. The Morgan fingerprint density at radius 3 is 1.44 bits per heavy atom. The number of benzene rings is 2. The summed E-state index contributed by atoms with van der Waals surface area (Å²) in [6.45, 7) is 15.6. The molecule has 3 nitrogen and oxygen atoms in total. The third kappa shape index (κ3) is 3.66. The van der Waals surface area contributed by atoms with E-state index in [9.17, 15) is 4.79 Å². The molecule has 0 N–H and O–H groups in total. The fraction of sp³-hybridized carbons (Fsp3) is 0.485. The van der Waals surface area contributed by atoms with Gasteiger partial charge in [-0.1, -0.05) is 90.8 Å². The second-order valence-electron chi connectivity index (χ2n) is 11.8. The molecule has 1 saturated carbocycles. The molecule has 3 heteroatoms. The molecule has 2 aliphatic heterocycles. The van der Waals surface area contributed by atoms with Gasteiger partial charge in [0.1, 0.15) is 0 Å². The fourth-order valence-corrected chi connectivity index (χ4v) is 6.93. The molecular weight excluding hydrogens is 440 g/mol. The minimum atomic E-state index is -0.175. The largest absolute Gasteiger partial charge is 0.344 e. The van der Waals surface area contributed by atoms with Crippen LogP contribution in [0.1, 0.15) is 91.2 Å². The van der Waals surface area contributed by atoms with E-state index in [1.165, 1.54) is 33.9 Å². The fourth-order valence-electron chi connectivity index (χ4n) is 6.93. The highest BCUT2D eigenvalue weighted by Crippen LogP contribution is 2.54. The van der Waals surface area contributed by atoms with Crippen LogP contribution in [0, 0.1) is 0 Å². The average molecular weight is 483 g/mol. The van der Waals surface area contributed by atoms with Gasteiger partial charge in [0.2, 0.25) is 0 Å². The maximum atomic E-state index is 14.4. The van der Waals surface area contributed by atoms with Gasteiger partial charge >= 0.3 is 0 Å². The highest BCUT2D eigenvalue weighted by atomic mass is 16.1. The van der Waals surface area contributed by atoms with Gasteiger partial charge in [-0.3, -0.25) is 4.79 Å². The van der Waals surface area contributed by atoms with Crippen molar-refractivity contribution in [3.8, 4) is 0 Å². The molecule has 0 atom stereocenters. The molecule has 36 heavy (non-hydrogen) atoms. The van der Waals surface area contributed by atoms with Gasteiger partial charge in [-0.05, 0) is 48.9 Å². The minimum absolute atomic E-state index is 0.175. The number of fused-ring (bicyclic) bond motifs is 2. The van der Waals surface area contributed by atoms with E-state index in [2.05, 4.69) is 99.9 Å². The molecule has 1 fully saturated rings. The Morgan fingerprint density at radius 1 is 0.667 bits per heavy atom. The number of hydrogen-bond acceptors (Lipinski definition) is 3. The monoisotopic (exact) mass is 482 g/mol. The smallest absolute Gasteiger partial charge is 0.188 e. The van der Waals surface area contributed by atoms with Crippen LogP contribution in [0.15, 0.2) is 71.1 Å². The van der Waals surface area contributed by atoms with Crippen LogP contribution >= 0.6 is 0 Å². The van der Waals surface area contributed by atoms with Crippen molar-refractivity contribution in [1.29, 1.82) is 0 Å². The van der Waals surface area contributed by atoms with Crippen molar-refractivity contribution >= 4 is 17.2 Å². The van der Waals surface area contributed by atoms with Crippen LogP contribution in [-0.4, -0.2) is 18.9 Å². The van der Waals surface area contributed by atoms with Crippen molar-refractivity contribution in [3.63, 3.8) is 0 Å². The molecule has 2 heterocycles. The van der Waals surface area contributed by atoms with Crippen LogP contribution < -0.4 is 9.80 Å². The van der Waals surface area contributed by atoms with E-state index in [0.29, 0.717) is 0 Å². The number of unbranched alkanes of at least 4 members (excludes halogenated alkanes) is 2. The molecule has 0 bridgehead atoms. The number of nitrogens with zero attached hydrogens (tertiary/aromatic N) is 2. The Labute approximate surface area is 217 Å². The van der Waals surface area contributed by atoms with Gasteiger partial charge in [-0.2, -0.15) is 0 Å². The van der Waals surface area contributed by atoms with Crippen molar-refractivity contribution in [1.82, 2.24) is 0 Å². The lowest BCUT2D eigenvalue weighted by molar-refractivity contribution is -0.111. The number of Topliss-reactive ketones (excluding diaryl/α,β-unsaturated/α-hetero) is 1. The first-order valence-corrected chi connectivity index (χ1v) is 14.0. The zero-order valence-corrected chi connectivity index (χ0v) is 23.1. The molecule has 0 saturated heterocycles. The highest BCUT2D eigenvalue weighted by Gasteiger charge is 2.47. The first-order valence-electron chi connectivity index (χ1n) is 14.0. The summed E-state index contributed by atoms with van der Waals surface area (Å²) in [4.78, 5) is 19.4. The molecule has 2 aromatic rings. The Bertz CT molecular complexity index is 1150. The molecule has 0 spiro atoms. The van der Waals surface area contributed by atoms with E-state index >= 15 is 0 Å². The maximum absolute atomic E-state index is 14.4. The van der Waals surface area contributed by atoms with E-state index < -0.39 is 0 Å². The average Bonchev–Trinajstić information content (AvgIpc) is 3.41. The molecule has 0 unspecified atom stereocenters. The van der Waals surface area contributed by atoms with Crippen molar-refractivity contribution in [2.24, 2.45) is 0 Å². The van der Waals surface area contributed by atoms with E-state index in [0.717, 1.165) is 62.8 Å². The van der Waals surface area contributed by atoms with E-state index in [-0.39, 0.29) is 16.6 Å². The number of allylic oxidation sites excluding steroid dienone is 4. The summed E-state index contributed by atoms with van der Waals surface area (Å²) < 4.78 is 0. The Kier molecular flexibility index (Phi) is 6.39. The van der Waals surface area contributed by atoms with Crippen molar-refractivity contribution < 1.29 is 4.79 Å². The van der Waals surface area contributed by atoms with Crippen LogP contribution in [-0.2, 0) is 15.6 Å². The molecule has 0 amide bonds. The molecule has 5 rings (SSSR count). The Morgan fingerprint density at radius 2 is 1.06 bits per heavy atom. The summed E-state index contributed by atoms with van der Waals surface area (Å²) >= 11 is 0. The number of hydrogen-bond donors (Lipinski definition) is 0. The number of rotatable bonds is 6. The van der Waals surface area contributed by atoms with Gasteiger partial charge in [0.15, 0.2) is 5.78 Å². The van der Waals surface area contributed by atoms with Gasteiger partial charge in [-0.25, -0.2) is 0 Å². The van der Waals surface area contributed by atoms with E-state index in [4.69, 9.17) is 0 Å².